The highest BCUT2D eigenvalue weighted by molar-refractivity contribution is 5.90. The van der Waals surface area contributed by atoms with E-state index in [9.17, 15) is 19.2 Å². The van der Waals surface area contributed by atoms with Gasteiger partial charge in [-0.15, -0.1) is 0 Å². The number of aromatic amines is 1. The van der Waals surface area contributed by atoms with Crippen molar-refractivity contribution in [1.82, 2.24) is 9.55 Å². The Morgan fingerprint density at radius 2 is 1.67 bits per heavy atom. The Balaban J connectivity index is 1.55. The summed E-state index contributed by atoms with van der Waals surface area (Å²) in [5.74, 6) is -1.17. The Bertz CT molecular complexity index is 1510. The number of carbonyl (C=O) groups is 2. The molecule has 2 aromatic carbocycles. The molecule has 0 radical (unpaired) electrons. The molecule has 39 heavy (non-hydrogen) atoms. The number of nitrogens with one attached hydrogen (secondary N) is 1. The molecule has 0 spiro atoms. The van der Waals surface area contributed by atoms with Crippen molar-refractivity contribution in [2.45, 2.75) is 45.1 Å². The van der Waals surface area contributed by atoms with Crippen LogP contribution in [0.3, 0.4) is 0 Å². The van der Waals surface area contributed by atoms with Gasteiger partial charge >= 0.3 is 17.6 Å². The Morgan fingerprint density at radius 3 is 2.28 bits per heavy atom. The summed E-state index contributed by atoms with van der Waals surface area (Å²) >= 11 is 0. The highest BCUT2D eigenvalue weighted by Crippen LogP contribution is 2.31. The molecule has 202 valence electrons. The van der Waals surface area contributed by atoms with Gasteiger partial charge in [-0.05, 0) is 50.1 Å². The van der Waals surface area contributed by atoms with Crippen LogP contribution >= 0.6 is 0 Å². The van der Waals surface area contributed by atoms with Crippen LogP contribution in [0, 0.1) is 13.8 Å². The lowest BCUT2D eigenvalue weighted by atomic mass is 10.1. The van der Waals surface area contributed by atoms with Crippen LogP contribution in [-0.4, -0.2) is 46.8 Å². The molecule has 1 saturated heterocycles. The Morgan fingerprint density at radius 1 is 1.05 bits per heavy atom. The van der Waals surface area contributed by atoms with Gasteiger partial charge in [0.2, 0.25) is 0 Å². The second-order valence-corrected chi connectivity index (χ2v) is 9.16. The average Bonchev–Trinajstić information content (AvgIpc) is 3.31. The van der Waals surface area contributed by atoms with Crippen LogP contribution in [0.25, 0.3) is 10.4 Å². The van der Waals surface area contributed by atoms with Gasteiger partial charge in [0.15, 0.2) is 0 Å². The molecule has 12 heteroatoms. The maximum absolute atomic E-state index is 12.9. The van der Waals surface area contributed by atoms with Gasteiger partial charge in [0.1, 0.15) is 25.0 Å². The molecule has 2 heterocycles. The van der Waals surface area contributed by atoms with Crippen LogP contribution in [0.5, 0.6) is 0 Å². The first kappa shape index (κ1) is 27.4. The second-order valence-electron chi connectivity index (χ2n) is 9.16. The summed E-state index contributed by atoms with van der Waals surface area (Å²) in [4.78, 5) is 55.2. The molecule has 0 aliphatic carbocycles. The lowest BCUT2D eigenvalue weighted by Crippen LogP contribution is -2.34. The second kappa shape index (κ2) is 12.2. The average molecular weight is 534 g/mol. The van der Waals surface area contributed by atoms with Crippen LogP contribution in [0.4, 0.5) is 0 Å². The smallest absolute Gasteiger partial charge is 0.338 e. The minimum Gasteiger partial charge on any atom is -0.459 e. The van der Waals surface area contributed by atoms with E-state index in [1.165, 1.54) is 10.8 Å². The van der Waals surface area contributed by atoms with Crippen molar-refractivity contribution in [2.75, 3.05) is 13.2 Å². The third-order valence-electron chi connectivity index (χ3n) is 6.29. The van der Waals surface area contributed by atoms with E-state index in [-0.39, 0.29) is 31.6 Å². The van der Waals surface area contributed by atoms with E-state index in [1.54, 1.807) is 48.5 Å². The zero-order chi connectivity index (χ0) is 27.9. The Labute approximate surface area is 222 Å². The van der Waals surface area contributed by atoms with Crippen molar-refractivity contribution in [3.05, 3.63) is 114 Å². The van der Waals surface area contributed by atoms with E-state index in [1.807, 2.05) is 13.8 Å². The van der Waals surface area contributed by atoms with E-state index in [2.05, 4.69) is 15.0 Å². The minimum absolute atomic E-state index is 0.0255. The number of rotatable bonds is 9. The summed E-state index contributed by atoms with van der Waals surface area (Å²) in [6.45, 7) is 3.58. The zero-order valence-corrected chi connectivity index (χ0v) is 21.4. The summed E-state index contributed by atoms with van der Waals surface area (Å²) in [7, 11) is 0. The molecule has 3 atom stereocenters. The van der Waals surface area contributed by atoms with E-state index in [0.29, 0.717) is 11.1 Å². The van der Waals surface area contributed by atoms with Gasteiger partial charge in [-0.1, -0.05) is 40.5 Å². The molecule has 3 aromatic rings. The largest absolute Gasteiger partial charge is 0.459 e. The number of nitrogens with zero attached hydrogens (tertiary/aromatic N) is 4. The number of aryl methyl sites for hydroxylation is 2. The fraction of sp³-hybridized carbons (Fsp3) is 0.333. The summed E-state index contributed by atoms with van der Waals surface area (Å²) in [6.07, 6.45) is -1.17. The van der Waals surface area contributed by atoms with Crippen molar-refractivity contribution in [3.8, 4) is 0 Å². The predicted molar refractivity (Wildman–Crippen MR) is 139 cm³/mol. The molecule has 1 aromatic heterocycles. The molecule has 0 saturated carbocycles. The molecule has 12 nitrogen and oxygen atoms in total. The molecule has 0 bridgehead atoms. The fourth-order valence-corrected chi connectivity index (χ4v) is 4.11. The van der Waals surface area contributed by atoms with Crippen molar-refractivity contribution in [3.63, 3.8) is 0 Å². The molecule has 0 unspecified atom stereocenters. The monoisotopic (exact) mass is 533 g/mol. The minimum atomic E-state index is -0.925. The Hall–Kier alpha value is -4.67. The fourth-order valence-electron chi connectivity index (χ4n) is 4.11. The first-order chi connectivity index (χ1) is 18.7. The number of hydrogen-bond donors (Lipinski definition) is 1. The predicted octanol–water partition coefficient (Wildman–Crippen LogP) is 3.38. The van der Waals surface area contributed by atoms with E-state index >= 15 is 0 Å². The van der Waals surface area contributed by atoms with Gasteiger partial charge in [0.05, 0.1) is 11.1 Å². The maximum atomic E-state index is 12.9. The maximum Gasteiger partial charge on any atom is 0.338 e. The van der Waals surface area contributed by atoms with E-state index in [0.717, 1.165) is 11.1 Å². The van der Waals surface area contributed by atoms with Gasteiger partial charge in [-0.25, -0.2) is 14.4 Å². The van der Waals surface area contributed by atoms with Gasteiger partial charge in [-0.2, -0.15) is 0 Å². The lowest BCUT2D eigenvalue weighted by molar-refractivity contribution is -0.0583. The highest BCUT2D eigenvalue weighted by atomic mass is 16.6. The number of carbonyl (C=O) groups excluding carboxylic acids is 2. The number of ether oxygens (including phenoxy) is 3. The molecule has 1 aliphatic heterocycles. The quantitative estimate of drug-likeness (QED) is 0.190. The summed E-state index contributed by atoms with van der Waals surface area (Å²) in [5, 5.41) is 3.42. The normalized spacial score (nSPS) is 18.3. The first-order valence-electron chi connectivity index (χ1n) is 12.3. The van der Waals surface area contributed by atoms with Crippen LogP contribution in [0.1, 0.15) is 50.1 Å². The van der Waals surface area contributed by atoms with Crippen molar-refractivity contribution in [2.24, 2.45) is 5.11 Å². The van der Waals surface area contributed by atoms with Crippen LogP contribution in [0.2, 0.25) is 0 Å². The first-order valence-corrected chi connectivity index (χ1v) is 12.3. The zero-order valence-electron chi connectivity index (χ0n) is 21.4. The number of H-pyrrole nitrogens is 1. The molecular formula is C27H27N5O7. The van der Waals surface area contributed by atoms with Crippen LogP contribution < -0.4 is 11.2 Å². The number of benzene rings is 2. The third-order valence-corrected chi connectivity index (χ3v) is 6.29. The summed E-state index contributed by atoms with van der Waals surface area (Å²) in [6, 6.07) is 13.7. The van der Waals surface area contributed by atoms with Crippen LogP contribution in [0.15, 0.2) is 69.4 Å². The molecule has 4 rings (SSSR count). The standard InChI is InChI=1S/C27H27N5O7/c1-16-3-7-18(8-4-16)25(34)37-15-22-21(39-26(35)19-9-5-17(2)6-10-19)13-23(38-22)32-14-20(11-12-29-31-28)24(33)30-27(32)36/h3-10,14,21-23H,11-13,15H2,1-2H3,(H,30,33,36)/t21-,22+,23+/m0/s1. The molecule has 1 aliphatic rings. The number of azide groups is 1. The summed E-state index contributed by atoms with van der Waals surface area (Å²) < 4.78 is 18.4. The molecular weight excluding hydrogens is 506 g/mol. The molecule has 0 amide bonds. The van der Waals surface area contributed by atoms with Crippen LogP contribution in [-0.2, 0) is 20.6 Å². The third kappa shape index (κ3) is 6.81. The summed E-state index contributed by atoms with van der Waals surface area (Å²) in [5.41, 5.74) is 10.0. The van der Waals surface area contributed by atoms with Gasteiger partial charge in [0, 0.05) is 29.6 Å². The van der Waals surface area contributed by atoms with Crippen molar-refractivity contribution >= 4 is 11.9 Å². The number of esters is 2. The van der Waals surface area contributed by atoms with Gasteiger partial charge < -0.3 is 14.2 Å². The number of hydrogen-bond acceptors (Lipinski definition) is 8. The molecule has 1 fully saturated rings. The Kier molecular flexibility index (Phi) is 8.60. The SMILES string of the molecule is Cc1ccc(C(=O)OC[C@H]2O[C@@H](n3cc(CCN=[N+]=[N-])c(=O)[nH]c3=O)C[C@@H]2OC(=O)c2ccc(C)cc2)cc1. The molecule has 1 N–H and O–H groups in total. The highest BCUT2D eigenvalue weighted by Gasteiger charge is 2.40. The van der Waals surface area contributed by atoms with Crippen molar-refractivity contribution in [1.29, 1.82) is 0 Å². The van der Waals surface area contributed by atoms with E-state index < -0.39 is 41.6 Å². The van der Waals surface area contributed by atoms with E-state index in [4.69, 9.17) is 19.7 Å². The number of aromatic nitrogens is 2. The van der Waals surface area contributed by atoms with Gasteiger partial charge in [-0.3, -0.25) is 14.3 Å². The topological polar surface area (TPSA) is 165 Å². The van der Waals surface area contributed by atoms with Crippen molar-refractivity contribution < 1.29 is 23.8 Å². The van der Waals surface area contributed by atoms with Gasteiger partial charge in [0.25, 0.3) is 5.56 Å². The lowest BCUT2D eigenvalue weighted by Gasteiger charge is -2.19.